The molecule has 0 N–H and O–H groups in total. The summed E-state index contributed by atoms with van der Waals surface area (Å²) in [6.45, 7) is 0.434. The molecule has 0 spiro atoms. The predicted octanol–water partition coefficient (Wildman–Crippen LogP) is 5.79. The van der Waals surface area contributed by atoms with Crippen molar-refractivity contribution in [2.45, 2.75) is 6.54 Å². The molecule has 0 bridgehead atoms. The van der Waals surface area contributed by atoms with Gasteiger partial charge in [0.1, 0.15) is 0 Å². The van der Waals surface area contributed by atoms with Gasteiger partial charge in [0.25, 0.3) is 5.91 Å². The van der Waals surface area contributed by atoms with Gasteiger partial charge in [-0.25, -0.2) is 0 Å². The number of carbonyl (C=O) groups is 1. The van der Waals surface area contributed by atoms with Crippen molar-refractivity contribution in [3.8, 4) is 0 Å². The van der Waals surface area contributed by atoms with Gasteiger partial charge in [0.15, 0.2) is 0 Å². The number of benzene rings is 2. The Balaban J connectivity index is 2.19. The summed E-state index contributed by atoms with van der Waals surface area (Å²) in [6.07, 6.45) is 0. The first kappa shape index (κ1) is 16.8. The van der Waals surface area contributed by atoms with Crippen LogP contribution in [0, 0.1) is 0 Å². The molecule has 2 aromatic rings. The summed E-state index contributed by atoms with van der Waals surface area (Å²) in [7, 11) is 1.74. The SMILES string of the molecule is CN(Cc1cc(Cl)cc(Cl)c1)C(=O)c1cc(Br)cc(Br)c1. The van der Waals surface area contributed by atoms with Gasteiger partial charge in [-0.2, -0.15) is 0 Å². The monoisotopic (exact) mass is 449 g/mol. The molecule has 0 saturated carbocycles. The van der Waals surface area contributed by atoms with E-state index >= 15 is 0 Å². The zero-order valence-electron chi connectivity index (χ0n) is 11.0. The quantitative estimate of drug-likeness (QED) is 0.578. The number of nitrogens with zero attached hydrogens (tertiary/aromatic N) is 1. The summed E-state index contributed by atoms with van der Waals surface area (Å²) in [5.74, 6) is -0.0758. The van der Waals surface area contributed by atoms with E-state index in [0.29, 0.717) is 22.2 Å². The average Bonchev–Trinajstić information content (AvgIpc) is 2.35. The molecule has 0 unspecified atom stereocenters. The van der Waals surface area contributed by atoms with Crippen LogP contribution in [0.5, 0.6) is 0 Å². The summed E-state index contributed by atoms with van der Waals surface area (Å²) in [4.78, 5) is 14.1. The van der Waals surface area contributed by atoms with Crippen molar-refractivity contribution in [3.63, 3.8) is 0 Å². The van der Waals surface area contributed by atoms with E-state index in [-0.39, 0.29) is 5.91 Å². The summed E-state index contributed by atoms with van der Waals surface area (Å²) in [5, 5.41) is 1.12. The first-order valence-corrected chi connectivity index (χ1v) is 8.36. The van der Waals surface area contributed by atoms with E-state index in [2.05, 4.69) is 31.9 Å². The number of amides is 1. The van der Waals surface area contributed by atoms with Gasteiger partial charge in [0.2, 0.25) is 0 Å². The maximum Gasteiger partial charge on any atom is 0.253 e. The molecule has 6 heteroatoms. The van der Waals surface area contributed by atoms with Crippen LogP contribution in [-0.2, 0) is 6.54 Å². The van der Waals surface area contributed by atoms with Gasteiger partial charge in [-0.3, -0.25) is 4.79 Å². The van der Waals surface area contributed by atoms with Crippen LogP contribution in [0.1, 0.15) is 15.9 Å². The smallest absolute Gasteiger partial charge is 0.253 e. The first-order chi connectivity index (χ1) is 9.85. The predicted molar refractivity (Wildman–Crippen MR) is 94.1 cm³/mol. The van der Waals surface area contributed by atoms with Gasteiger partial charge >= 0.3 is 0 Å². The van der Waals surface area contributed by atoms with Crippen LogP contribution in [0.4, 0.5) is 0 Å². The molecule has 0 heterocycles. The van der Waals surface area contributed by atoms with Crippen molar-refractivity contribution in [3.05, 3.63) is 66.5 Å². The van der Waals surface area contributed by atoms with Crippen molar-refractivity contribution in [1.82, 2.24) is 4.90 Å². The van der Waals surface area contributed by atoms with Crippen LogP contribution >= 0.6 is 55.1 Å². The second-order valence-electron chi connectivity index (χ2n) is 4.60. The number of carbonyl (C=O) groups excluding carboxylic acids is 1. The molecule has 0 radical (unpaired) electrons. The second kappa shape index (κ2) is 7.14. The van der Waals surface area contributed by atoms with Crippen LogP contribution in [0.15, 0.2) is 45.3 Å². The van der Waals surface area contributed by atoms with E-state index in [1.807, 2.05) is 6.07 Å². The highest BCUT2D eigenvalue weighted by molar-refractivity contribution is 9.11. The Hall–Kier alpha value is -0.550. The molecule has 0 aliphatic rings. The zero-order chi connectivity index (χ0) is 15.6. The third kappa shape index (κ3) is 4.71. The Morgan fingerprint density at radius 3 is 2.05 bits per heavy atom. The van der Waals surface area contributed by atoms with E-state index in [9.17, 15) is 4.79 Å². The molecular weight excluding hydrogens is 441 g/mol. The molecule has 0 aromatic heterocycles. The lowest BCUT2D eigenvalue weighted by Gasteiger charge is -2.18. The maximum absolute atomic E-state index is 12.4. The average molecular weight is 452 g/mol. The fourth-order valence-corrected chi connectivity index (χ4v) is 3.81. The molecule has 0 aliphatic carbocycles. The Morgan fingerprint density at radius 2 is 1.52 bits per heavy atom. The minimum absolute atomic E-state index is 0.0758. The van der Waals surface area contributed by atoms with Crippen LogP contribution in [0.3, 0.4) is 0 Å². The highest BCUT2D eigenvalue weighted by atomic mass is 79.9. The van der Waals surface area contributed by atoms with E-state index in [4.69, 9.17) is 23.2 Å². The van der Waals surface area contributed by atoms with Crippen molar-refractivity contribution >= 4 is 61.0 Å². The van der Waals surface area contributed by atoms with Crippen molar-refractivity contribution in [1.29, 1.82) is 0 Å². The Bertz CT molecular complexity index is 651. The molecule has 1 amide bonds. The third-order valence-electron chi connectivity index (χ3n) is 2.80. The van der Waals surface area contributed by atoms with E-state index in [1.54, 1.807) is 42.3 Å². The van der Waals surface area contributed by atoms with Gasteiger partial charge in [-0.1, -0.05) is 55.1 Å². The molecule has 2 nitrogen and oxygen atoms in total. The standard InChI is InChI=1S/C15H11Br2Cl2NO/c1-20(8-9-2-13(18)7-14(19)3-9)15(21)10-4-11(16)6-12(17)5-10/h2-7H,8H2,1H3. The van der Waals surface area contributed by atoms with Crippen LogP contribution in [-0.4, -0.2) is 17.9 Å². The molecule has 2 rings (SSSR count). The van der Waals surface area contributed by atoms with Crippen LogP contribution in [0.25, 0.3) is 0 Å². The van der Waals surface area contributed by atoms with E-state index in [0.717, 1.165) is 14.5 Å². The van der Waals surface area contributed by atoms with Crippen molar-refractivity contribution in [2.24, 2.45) is 0 Å². The number of hydrogen-bond donors (Lipinski definition) is 0. The molecule has 0 fully saturated rings. The maximum atomic E-state index is 12.4. The lowest BCUT2D eigenvalue weighted by Crippen LogP contribution is -2.26. The molecule has 2 aromatic carbocycles. The topological polar surface area (TPSA) is 20.3 Å². The summed E-state index contributed by atoms with van der Waals surface area (Å²) >= 11 is 18.7. The zero-order valence-corrected chi connectivity index (χ0v) is 15.7. The van der Waals surface area contributed by atoms with Gasteiger partial charge < -0.3 is 4.90 Å². The molecule has 0 saturated heterocycles. The van der Waals surface area contributed by atoms with Gasteiger partial charge in [-0.15, -0.1) is 0 Å². The normalized spacial score (nSPS) is 10.5. The van der Waals surface area contributed by atoms with Gasteiger partial charge in [0, 0.05) is 38.1 Å². The molecule has 110 valence electrons. The minimum atomic E-state index is -0.0758. The highest BCUT2D eigenvalue weighted by Crippen LogP contribution is 2.23. The van der Waals surface area contributed by atoms with Crippen LogP contribution < -0.4 is 0 Å². The molecular formula is C15H11Br2Cl2NO. The number of rotatable bonds is 3. The Kier molecular flexibility index (Phi) is 5.72. The van der Waals surface area contributed by atoms with Crippen LogP contribution in [0.2, 0.25) is 10.0 Å². The summed E-state index contributed by atoms with van der Waals surface area (Å²) in [6, 6.07) is 10.7. The third-order valence-corrected chi connectivity index (χ3v) is 4.15. The molecule has 0 aliphatic heterocycles. The number of halogens is 4. The lowest BCUT2D eigenvalue weighted by atomic mass is 10.1. The number of hydrogen-bond acceptors (Lipinski definition) is 1. The fourth-order valence-electron chi connectivity index (χ4n) is 1.95. The second-order valence-corrected chi connectivity index (χ2v) is 7.30. The highest BCUT2D eigenvalue weighted by Gasteiger charge is 2.14. The molecule has 21 heavy (non-hydrogen) atoms. The Morgan fingerprint density at radius 1 is 1.00 bits per heavy atom. The summed E-state index contributed by atoms with van der Waals surface area (Å²) < 4.78 is 1.69. The fraction of sp³-hybridized carbons (Fsp3) is 0.133. The minimum Gasteiger partial charge on any atom is -0.337 e. The van der Waals surface area contributed by atoms with Gasteiger partial charge in [-0.05, 0) is 42.0 Å². The Labute approximate surface area is 150 Å². The summed E-state index contributed by atoms with van der Waals surface area (Å²) in [5.41, 5.74) is 1.49. The van der Waals surface area contributed by atoms with Gasteiger partial charge in [0.05, 0.1) is 0 Å². The van der Waals surface area contributed by atoms with E-state index < -0.39 is 0 Å². The first-order valence-electron chi connectivity index (χ1n) is 6.01. The van der Waals surface area contributed by atoms with E-state index in [1.165, 1.54) is 0 Å². The largest absolute Gasteiger partial charge is 0.337 e. The van der Waals surface area contributed by atoms with Crippen molar-refractivity contribution in [2.75, 3.05) is 7.05 Å². The lowest BCUT2D eigenvalue weighted by molar-refractivity contribution is 0.0785. The molecule has 0 atom stereocenters. The van der Waals surface area contributed by atoms with Crippen molar-refractivity contribution < 1.29 is 4.79 Å².